The van der Waals surface area contributed by atoms with E-state index in [1.807, 2.05) is 32.9 Å². The van der Waals surface area contributed by atoms with Gasteiger partial charge in [0.1, 0.15) is 6.42 Å². The Hall–Kier alpha value is -2.34. The van der Waals surface area contributed by atoms with E-state index in [9.17, 15) is 4.79 Å². The normalized spacial score (nSPS) is 13.2. The van der Waals surface area contributed by atoms with E-state index in [2.05, 4.69) is 4.98 Å². The molecule has 0 saturated carbocycles. The van der Waals surface area contributed by atoms with Crippen LogP contribution in [-0.4, -0.2) is 16.1 Å². The Morgan fingerprint density at radius 1 is 1.36 bits per heavy atom. The number of benzene rings is 1. The number of rotatable bonds is 2. The first kappa shape index (κ1) is 16.0. The van der Waals surface area contributed by atoms with E-state index in [0.29, 0.717) is 16.8 Å². The molecule has 1 aromatic heterocycles. The molecule has 0 saturated heterocycles. The van der Waals surface area contributed by atoms with Crippen LogP contribution in [0.25, 0.3) is 11.1 Å². The lowest BCUT2D eigenvalue weighted by atomic mass is 10.1. The number of aryl methyl sites for hydroxylation is 1. The van der Waals surface area contributed by atoms with Crippen LogP contribution in [0.5, 0.6) is 5.75 Å². The molecule has 6 nitrogen and oxygen atoms in total. The number of fused-ring (bicyclic) bond motifs is 3. The van der Waals surface area contributed by atoms with Gasteiger partial charge in [-0.15, -0.1) is 0 Å². The van der Waals surface area contributed by atoms with Crippen molar-refractivity contribution in [3.8, 4) is 5.75 Å². The first-order valence-electron chi connectivity index (χ1n) is 7.34. The van der Waals surface area contributed by atoms with Crippen molar-refractivity contribution < 1.29 is 19.2 Å². The third kappa shape index (κ3) is 3.28. The molecule has 0 fully saturated rings. The first-order valence-corrected chi connectivity index (χ1v) is 7.34. The van der Waals surface area contributed by atoms with Gasteiger partial charge in [-0.3, -0.25) is 10.0 Å². The summed E-state index contributed by atoms with van der Waals surface area (Å²) < 4.78 is 11.2. The van der Waals surface area contributed by atoms with E-state index < -0.39 is 5.91 Å². The Kier molecular flexibility index (Phi) is 5.16. The molecule has 0 spiro atoms. The number of oxazole rings is 1. The fraction of sp³-hybridized carbons (Fsp3) is 0.375. The number of hydrogen-bond acceptors (Lipinski definition) is 5. The van der Waals surface area contributed by atoms with E-state index in [1.54, 1.807) is 11.7 Å². The lowest BCUT2D eigenvalue weighted by Crippen LogP contribution is -2.20. The number of amides is 1. The molecule has 6 heteroatoms. The molecule has 1 aromatic carbocycles. The lowest BCUT2D eigenvalue weighted by Gasteiger charge is -2.04. The summed E-state index contributed by atoms with van der Waals surface area (Å²) in [6.45, 7) is 6.02. The SMILES string of the molecule is CC.CC1=COc2c(ccc3oc(CC(=O)NO)nc23)CC1. The van der Waals surface area contributed by atoms with Crippen LogP contribution in [0.2, 0.25) is 0 Å². The molecular weight excluding hydrogens is 284 g/mol. The Balaban J connectivity index is 0.000000847. The van der Waals surface area contributed by atoms with Crippen molar-refractivity contribution in [2.45, 2.75) is 40.0 Å². The number of carbonyl (C=O) groups is 1. The molecule has 0 atom stereocenters. The van der Waals surface area contributed by atoms with Gasteiger partial charge in [-0.1, -0.05) is 19.9 Å². The van der Waals surface area contributed by atoms with Gasteiger partial charge in [-0.05, 0) is 37.0 Å². The number of nitrogens with zero attached hydrogens (tertiary/aromatic N) is 1. The van der Waals surface area contributed by atoms with Gasteiger partial charge in [0.05, 0.1) is 6.26 Å². The summed E-state index contributed by atoms with van der Waals surface area (Å²) >= 11 is 0. The summed E-state index contributed by atoms with van der Waals surface area (Å²) in [7, 11) is 0. The van der Waals surface area contributed by atoms with Crippen molar-refractivity contribution in [3.63, 3.8) is 0 Å². The predicted molar refractivity (Wildman–Crippen MR) is 81.7 cm³/mol. The minimum atomic E-state index is -0.570. The largest absolute Gasteiger partial charge is 0.462 e. The van der Waals surface area contributed by atoms with Gasteiger partial charge < -0.3 is 9.15 Å². The van der Waals surface area contributed by atoms with E-state index in [4.69, 9.17) is 14.4 Å². The highest BCUT2D eigenvalue weighted by atomic mass is 16.5. The van der Waals surface area contributed by atoms with Crippen molar-refractivity contribution in [2.24, 2.45) is 0 Å². The Morgan fingerprint density at radius 2 is 2.14 bits per heavy atom. The number of hydrogen-bond donors (Lipinski definition) is 2. The van der Waals surface area contributed by atoms with Crippen LogP contribution < -0.4 is 10.2 Å². The zero-order valence-corrected chi connectivity index (χ0v) is 13.0. The fourth-order valence-corrected chi connectivity index (χ4v) is 2.19. The molecule has 2 heterocycles. The quantitative estimate of drug-likeness (QED) is 0.657. The molecular formula is C16H20N2O4. The van der Waals surface area contributed by atoms with Gasteiger partial charge in [0.25, 0.3) is 5.91 Å². The zero-order valence-electron chi connectivity index (χ0n) is 13.0. The number of aromatic nitrogens is 1. The summed E-state index contributed by atoms with van der Waals surface area (Å²) in [5.74, 6) is 0.353. The molecule has 1 aliphatic heterocycles. The van der Waals surface area contributed by atoms with Crippen molar-refractivity contribution in [1.29, 1.82) is 0 Å². The lowest BCUT2D eigenvalue weighted by molar-refractivity contribution is -0.128. The third-order valence-corrected chi connectivity index (χ3v) is 3.24. The third-order valence-electron chi connectivity index (χ3n) is 3.24. The van der Waals surface area contributed by atoms with Crippen molar-refractivity contribution in [2.75, 3.05) is 0 Å². The maximum Gasteiger partial charge on any atom is 0.252 e. The number of allylic oxidation sites excluding steroid dienone is 1. The van der Waals surface area contributed by atoms with Crippen LogP contribution in [-0.2, 0) is 17.6 Å². The summed E-state index contributed by atoms with van der Waals surface area (Å²) in [4.78, 5) is 15.4. The second-order valence-corrected chi connectivity index (χ2v) is 4.80. The Bertz CT molecular complexity index is 703. The van der Waals surface area contributed by atoms with Crippen molar-refractivity contribution >= 4 is 17.0 Å². The molecule has 22 heavy (non-hydrogen) atoms. The number of carbonyl (C=O) groups excluding carboxylic acids is 1. The molecule has 2 aromatic rings. The highest BCUT2D eigenvalue weighted by Crippen LogP contribution is 2.33. The Labute approximate surface area is 128 Å². The van der Waals surface area contributed by atoms with Crippen LogP contribution in [0.4, 0.5) is 0 Å². The maximum absolute atomic E-state index is 11.1. The standard InChI is InChI=1S/C14H14N2O4.C2H6/c1-8-2-3-9-4-5-10-13(14(9)19-7-8)15-12(20-10)6-11(17)16-18;1-2/h4-5,7,18H,2-3,6H2,1H3,(H,16,17);1-2H3. The topological polar surface area (TPSA) is 84.6 Å². The van der Waals surface area contributed by atoms with E-state index in [1.165, 1.54) is 0 Å². The molecule has 0 unspecified atom stereocenters. The molecule has 2 N–H and O–H groups in total. The zero-order chi connectivity index (χ0) is 16.1. The minimum absolute atomic E-state index is 0.116. The molecule has 1 amide bonds. The maximum atomic E-state index is 11.1. The summed E-state index contributed by atoms with van der Waals surface area (Å²) in [5.41, 5.74) is 4.96. The van der Waals surface area contributed by atoms with Crippen LogP contribution in [0, 0.1) is 0 Å². The van der Waals surface area contributed by atoms with Crippen molar-refractivity contribution in [3.05, 3.63) is 35.4 Å². The second kappa shape index (κ2) is 7.09. The van der Waals surface area contributed by atoms with Crippen LogP contribution >= 0.6 is 0 Å². The van der Waals surface area contributed by atoms with E-state index in [-0.39, 0.29) is 12.3 Å². The van der Waals surface area contributed by atoms with Gasteiger partial charge in [0, 0.05) is 0 Å². The average molecular weight is 304 g/mol. The van der Waals surface area contributed by atoms with Gasteiger partial charge in [0.15, 0.2) is 16.8 Å². The van der Waals surface area contributed by atoms with Gasteiger partial charge >= 0.3 is 0 Å². The Morgan fingerprint density at radius 3 is 2.86 bits per heavy atom. The fourth-order valence-electron chi connectivity index (χ4n) is 2.19. The molecule has 118 valence electrons. The van der Waals surface area contributed by atoms with Gasteiger partial charge in [0.2, 0.25) is 5.89 Å². The van der Waals surface area contributed by atoms with E-state index in [0.717, 1.165) is 24.0 Å². The summed E-state index contributed by atoms with van der Waals surface area (Å²) in [6, 6.07) is 3.77. The molecule has 1 aliphatic rings. The summed E-state index contributed by atoms with van der Waals surface area (Å²) in [6.07, 6.45) is 3.43. The number of nitrogens with one attached hydrogen (secondary N) is 1. The molecule has 0 bridgehead atoms. The molecule has 3 rings (SSSR count). The minimum Gasteiger partial charge on any atom is -0.462 e. The number of ether oxygens (including phenoxy) is 1. The monoisotopic (exact) mass is 304 g/mol. The smallest absolute Gasteiger partial charge is 0.252 e. The highest BCUT2D eigenvalue weighted by molar-refractivity contribution is 5.83. The highest BCUT2D eigenvalue weighted by Gasteiger charge is 2.18. The first-order chi connectivity index (χ1) is 10.7. The summed E-state index contributed by atoms with van der Waals surface area (Å²) in [5, 5.41) is 8.53. The molecule has 0 radical (unpaired) electrons. The van der Waals surface area contributed by atoms with Crippen LogP contribution in [0.1, 0.15) is 38.6 Å². The molecule has 0 aliphatic carbocycles. The average Bonchev–Trinajstić information content (AvgIpc) is 2.85. The van der Waals surface area contributed by atoms with Crippen LogP contribution in [0.15, 0.2) is 28.4 Å². The second-order valence-electron chi connectivity index (χ2n) is 4.80. The predicted octanol–water partition coefficient (Wildman–Crippen LogP) is 3.13. The van der Waals surface area contributed by atoms with E-state index >= 15 is 0 Å². The van der Waals surface area contributed by atoms with Crippen molar-refractivity contribution in [1.82, 2.24) is 10.5 Å². The van der Waals surface area contributed by atoms with Crippen LogP contribution in [0.3, 0.4) is 0 Å². The van der Waals surface area contributed by atoms with Gasteiger partial charge in [-0.25, -0.2) is 10.5 Å². The number of hydroxylamine groups is 1. The van der Waals surface area contributed by atoms with Gasteiger partial charge in [-0.2, -0.15) is 0 Å².